The Balaban J connectivity index is 1.63. The Labute approximate surface area is 157 Å². The largest absolute Gasteiger partial charge is 0.443 e. The molecule has 3 heterocycles. The molecule has 1 N–H and O–H groups in total. The minimum absolute atomic E-state index is 0.0672. The van der Waals surface area contributed by atoms with Gasteiger partial charge in [0.2, 0.25) is 0 Å². The molecule has 7 nitrogen and oxygen atoms in total. The average Bonchev–Trinajstić information content (AvgIpc) is 3.06. The van der Waals surface area contributed by atoms with Crippen molar-refractivity contribution in [3.05, 3.63) is 48.2 Å². The van der Waals surface area contributed by atoms with Gasteiger partial charge in [0.05, 0.1) is 11.6 Å². The molecule has 3 aromatic rings. The fourth-order valence-corrected chi connectivity index (χ4v) is 3.49. The number of hydrogen-bond acceptors (Lipinski definition) is 6. The molecule has 0 aliphatic heterocycles. The van der Waals surface area contributed by atoms with Crippen molar-refractivity contribution >= 4 is 22.9 Å². The van der Waals surface area contributed by atoms with Crippen molar-refractivity contribution in [3.63, 3.8) is 0 Å². The lowest BCUT2D eigenvalue weighted by Crippen LogP contribution is -2.28. The SMILES string of the molecule is CC(C)(C)OC(=O)n1ccc2c1CCCC2Nc1ncnc2cccnc12. The number of hydrogen-bond donors (Lipinski definition) is 1. The predicted octanol–water partition coefficient (Wildman–Crippen LogP) is 4.10. The van der Waals surface area contributed by atoms with E-state index in [9.17, 15) is 4.79 Å². The molecule has 1 aliphatic carbocycles. The zero-order valence-electron chi connectivity index (χ0n) is 15.8. The van der Waals surface area contributed by atoms with Crippen molar-refractivity contribution in [1.82, 2.24) is 19.5 Å². The van der Waals surface area contributed by atoms with Gasteiger partial charge in [-0.3, -0.25) is 9.55 Å². The van der Waals surface area contributed by atoms with Crippen LogP contribution >= 0.6 is 0 Å². The standard InChI is InChI=1S/C20H23N5O2/c1-20(2,3)27-19(26)25-11-9-13-14(6-4-8-16(13)25)24-18-17-15(22-12-23-18)7-5-10-21-17/h5,7,9-12,14H,4,6,8H2,1-3H3,(H,22,23,24). The molecule has 0 amide bonds. The molecule has 0 fully saturated rings. The van der Waals surface area contributed by atoms with E-state index in [1.54, 1.807) is 23.3 Å². The van der Waals surface area contributed by atoms with Gasteiger partial charge >= 0.3 is 6.09 Å². The summed E-state index contributed by atoms with van der Waals surface area (Å²) in [6.07, 6.45) is 7.54. The first-order valence-corrected chi connectivity index (χ1v) is 9.18. The maximum absolute atomic E-state index is 12.5. The molecule has 1 atom stereocenters. The van der Waals surface area contributed by atoms with Crippen LogP contribution in [0.25, 0.3) is 11.0 Å². The summed E-state index contributed by atoms with van der Waals surface area (Å²) in [5, 5.41) is 3.50. The Kier molecular flexibility index (Phi) is 4.30. The highest BCUT2D eigenvalue weighted by atomic mass is 16.6. The van der Waals surface area contributed by atoms with Crippen LogP contribution in [-0.4, -0.2) is 31.2 Å². The number of aromatic nitrogens is 4. The first-order chi connectivity index (χ1) is 12.9. The Morgan fingerprint density at radius 1 is 1.26 bits per heavy atom. The van der Waals surface area contributed by atoms with Crippen molar-refractivity contribution < 1.29 is 9.53 Å². The second-order valence-electron chi connectivity index (χ2n) is 7.75. The summed E-state index contributed by atoms with van der Waals surface area (Å²) in [4.78, 5) is 25.6. The molecule has 0 spiro atoms. The van der Waals surface area contributed by atoms with Gasteiger partial charge in [-0.05, 0) is 63.8 Å². The fourth-order valence-electron chi connectivity index (χ4n) is 3.49. The first-order valence-electron chi connectivity index (χ1n) is 9.18. The molecule has 0 saturated carbocycles. The van der Waals surface area contributed by atoms with Crippen molar-refractivity contribution in [2.24, 2.45) is 0 Å². The summed E-state index contributed by atoms with van der Waals surface area (Å²) >= 11 is 0. The van der Waals surface area contributed by atoms with E-state index in [1.807, 2.05) is 39.0 Å². The van der Waals surface area contributed by atoms with Crippen LogP contribution in [0.15, 0.2) is 36.9 Å². The summed E-state index contributed by atoms with van der Waals surface area (Å²) in [6, 6.07) is 5.84. The van der Waals surface area contributed by atoms with E-state index in [2.05, 4.69) is 20.3 Å². The van der Waals surface area contributed by atoms with Crippen molar-refractivity contribution in [2.45, 2.75) is 51.7 Å². The van der Waals surface area contributed by atoms with Crippen LogP contribution in [0.5, 0.6) is 0 Å². The summed E-state index contributed by atoms with van der Waals surface area (Å²) in [7, 11) is 0. The number of nitrogens with one attached hydrogen (secondary N) is 1. The van der Waals surface area contributed by atoms with E-state index in [0.29, 0.717) is 5.82 Å². The Morgan fingerprint density at radius 3 is 2.93 bits per heavy atom. The van der Waals surface area contributed by atoms with E-state index in [1.165, 1.54) is 0 Å². The molecule has 7 heteroatoms. The van der Waals surface area contributed by atoms with Crippen LogP contribution in [-0.2, 0) is 11.2 Å². The molecule has 4 rings (SSSR count). The lowest BCUT2D eigenvalue weighted by molar-refractivity contribution is 0.0532. The normalized spacial score (nSPS) is 16.8. The Morgan fingerprint density at radius 2 is 2.11 bits per heavy atom. The van der Waals surface area contributed by atoms with Gasteiger partial charge in [0.1, 0.15) is 17.4 Å². The van der Waals surface area contributed by atoms with Gasteiger partial charge in [-0.15, -0.1) is 0 Å². The molecule has 140 valence electrons. The number of nitrogens with zero attached hydrogens (tertiary/aromatic N) is 4. The third-order valence-electron chi connectivity index (χ3n) is 4.60. The predicted molar refractivity (Wildman–Crippen MR) is 103 cm³/mol. The Bertz CT molecular complexity index is 984. The zero-order valence-corrected chi connectivity index (χ0v) is 15.8. The summed E-state index contributed by atoms with van der Waals surface area (Å²) in [5.41, 5.74) is 3.14. The quantitative estimate of drug-likeness (QED) is 0.736. The molecule has 1 unspecified atom stereocenters. The van der Waals surface area contributed by atoms with E-state index in [0.717, 1.165) is 41.6 Å². The minimum atomic E-state index is -0.522. The zero-order chi connectivity index (χ0) is 19.0. The second-order valence-corrected chi connectivity index (χ2v) is 7.75. The third-order valence-corrected chi connectivity index (χ3v) is 4.60. The highest BCUT2D eigenvalue weighted by Gasteiger charge is 2.27. The van der Waals surface area contributed by atoms with Gasteiger partial charge in [-0.2, -0.15) is 0 Å². The molecule has 0 radical (unpaired) electrons. The number of rotatable bonds is 2. The number of pyridine rings is 1. The van der Waals surface area contributed by atoms with Crippen LogP contribution < -0.4 is 5.32 Å². The number of carbonyl (C=O) groups excluding carboxylic acids is 1. The maximum Gasteiger partial charge on any atom is 0.418 e. The molecule has 0 bridgehead atoms. The van der Waals surface area contributed by atoms with Crippen LogP contribution in [0.1, 0.15) is 50.9 Å². The first kappa shape index (κ1) is 17.5. The van der Waals surface area contributed by atoms with Crippen LogP contribution in [0.3, 0.4) is 0 Å². The molecule has 0 saturated heterocycles. The molecule has 1 aliphatic rings. The Hall–Kier alpha value is -2.96. The molecule has 0 aromatic carbocycles. The smallest absolute Gasteiger partial charge is 0.418 e. The molecular weight excluding hydrogens is 342 g/mol. The van der Waals surface area contributed by atoms with Crippen LogP contribution in [0.4, 0.5) is 10.6 Å². The monoisotopic (exact) mass is 365 g/mol. The fraction of sp³-hybridized carbons (Fsp3) is 0.400. The topological polar surface area (TPSA) is 81.9 Å². The number of anilines is 1. The number of ether oxygens (including phenoxy) is 1. The van der Waals surface area contributed by atoms with Gasteiger partial charge in [-0.25, -0.2) is 14.8 Å². The van der Waals surface area contributed by atoms with Gasteiger partial charge in [0.25, 0.3) is 0 Å². The van der Waals surface area contributed by atoms with Gasteiger partial charge < -0.3 is 10.1 Å². The van der Waals surface area contributed by atoms with E-state index >= 15 is 0 Å². The molecule has 27 heavy (non-hydrogen) atoms. The summed E-state index contributed by atoms with van der Waals surface area (Å²) in [6.45, 7) is 5.62. The van der Waals surface area contributed by atoms with Crippen LogP contribution in [0, 0.1) is 0 Å². The minimum Gasteiger partial charge on any atom is -0.443 e. The molecular formula is C20H23N5O2. The van der Waals surface area contributed by atoms with Crippen molar-refractivity contribution in [1.29, 1.82) is 0 Å². The van der Waals surface area contributed by atoms with E-state index < -0.39 is 5.60 Å². The third kappa shape index (κ3) is 3.49. The number of fused-ring (bicyclic) bond motifs is 2. The van der Waals surface area contributed by atoms with Crippen molar-refractivity contribution in [3.8, 4) is 0 Å². The number of carbonyl (C=O) groups is 1. The highest BCUT2D eigenvalue weighted by Crippen LogP contribution is 2.34. The van der Waals surface area contributed by atoms with Gasteiger partial charge in [0.15, 0.2) is 5.82 Å². The lowest BCUT2D eigenvalue weighted by atomic mass is 9.93. The molecule has 3 aromatic heterocycles. The maximum atomic E-state index is 12.5. The van der Waals surface area contributed by atoms with E-state index in [-0.39, 0.29) is 12.1 Å². The summed E-state index contributed by atoms with van der Waals surface area (Å²) < 4.78 is 7.16. The highest BCUT2D eigenvalue weighted by molar-refractivity contribution is 5.84. The average molecular weight is 365 g/mol. The lowest BCUT2D eigenvalue weighted by Gasteiger charge is -2.26. The van der Waals surface area contributed by atoms with E-state index in [4.69, 9.17) is 4.74 Å². The summed E-state index contributed by atoms with van der Waals surface area (Å²) in [5.74, 6) is 0.712. The van der Waals surface area contributed by atoms with Gasteiger partial charge in [0, 0.05) is 18.1 Å². The second kappa shape index (κ2) is 6.64. The van der Waals surface area contributed by atoms with Gasteiger partial charge in [-0.1, -0.05) is 0 Å². The van der Waals surface area contributed by atoms with Crippen LogP contribution in [0.2, 0.25) is 0 Å². The van der Waals surface area contributed by atoms with Crippen molar-refractivity contribution in [2.75, 3.05) is 5.32 Å².